The van der Waals surface area contributed by atoms with E-state index in [-0.39, 0.29) is 0 Å². The molecule has 2 nitrogen and oxygen atoms in total. The van der Waals surface area contributed by atoms with E-state index in [9.17, 15) is 4.79 Å². The van der Waals surface area contributed by atoms with Gasteiger partial charge in [0.25, 0.3) is 0 Å². The Morgan fingerprint density at radius 3 is 2.06 bits per heavy atom. The van der Waals surface area contributed by atoms with E-state index < -0.39 is 0 Å². The van der Waals surface area contributed by atoms with Crippen molar-refractivity contribution in [3.63, 3.8) is 0 Å². The Morgan fingerprint density at radius 2 is 1.53 bits per heavy atom. The van der Waals surface area contributed by atoms with E-state index in [1.807, 2.05) is 0 Å². The first-order valence-corrected chi connectivity index (χ1v) is 7.64. The third-order valence-electron chi connectivity index (χ3n) is 7.30. The quantitative estimate of drug-likeness (QED) is 0.781. The largest absolute Gasteiger partial charge is 0.356 e. The van der Waals surface area contributed by atoms with Crippen LogP contribution >= 0.6 is 0 Å². The van der Waals surface area contributed by atoms with E-state index in [2.05, 4.69) is 5.32 Å². The van der Waals surface area contributed by atoms with Crippen molar-refractivity contribution < 1.29 is 4.79 Å². The minimum atomic E-state index is 0.431. The molecule has 1 amide bonds. The number of hydrogen-bond donors (Lipinski definition) is 1. The molecule has 7 fully saturated rings. The zero-order chi connectivity index (χ0) is 10.9. The monoisotopic (exact) mass is 229 g/mol. The first-order valence-electron chi connectivity index (χ1n) is 7.64. The van der Waals surface area contributed by atoms with Gasteiger partial charge in [0.2, 0.25) is 5.91 Å². The third kappa shape index (κ3) is 0.794. The van der Waals surface area contributed by atoms with Gasteiger partial charge in [-0.15, -0.1) is 0 Å². The Bertz CT molecular complexity index is 418. The number of nitrogens with one attached hydrogen (secondary N) is 1. The second kappa shape index (κ2) is 2.31. The molecule has 0 aliphatic heterocycles. The summed E-state index contributed by atoms with van der Waals surface area (Å²) in [6.45, 7) is 0.975. The van der Waals surface area contributed by atoms with E-state index >= 15 is 0 Å². The second-order valence-corrected chi connectivity index (χ2v) is 7.74. The number of carbonyl (C=O) groups excluding carboxylic acids is 1. The van der Waals surface area contributed by atoms with Crippen molar-refractivity contribution >= 4 is 5.91 Å². The van der Waals surface area contributed by atoms with Crippen molar-refractivity contribution in [2.45, 2.75) is 19.3 Å². The Labute approximate surface area is 102 Å². The van der Waals surface area contributed by atoms with Crippen LogP contribution in [0.3, 0.4) is 0 Å². The highest BCUT2D eigenvalue weighted by Crippen LogP contribution is 2.89. The normalized spacial score (nSPS) is 66.9. The summed E-state index contributed by atoms with van der Waals surface area (Å²) >= 11 is 0. The fraction of sp³-hybridized carbons (Fsp3) is 0.933. The zero-order valence-electron chi connectivity index (χ0n) is 10.0. The minimum absolute atomic E-state index is 0.431. The van der Waals surface area contributed by atoms with Gasteiger partial charge in [-0.05, 0) is 72.5 Å². The fourth-order valence-electron chi connectivity index (χ4n) is 6.75. The summed E-state index contributed by atoms with van der Waals surface area (Å²) in [4.78, 5) is 12.2. The number of hydrogen-bond acceptors (Lipinski definition) is 1. The molecule has 0 spiro atoms. The van der Waals surface area contributed by atoms with Crippen molar-refractivity contribution in [2.75, 3.05) is 6.54 Å². The summed E-state index contributed by atoms with van der Waals surface area (Å²) in [6, 6.07) is 0. The van der Waals surface area contributed by atoms with Gasteiger partial charge in [0, 0.05) is 12.5 Å². The van der Waals surface area contributed by atoms with E-state index in [0.717, 1.165) is 59.8 Å². The van der Waals surface area contributed by atoms with Crippen LogP contribution in [-0.4, -0.2) is 12.5 Å². The molecule has 7 aliphatic carbocycles. The molecule has 0 aromatic rings. The lowest BCUT2D eigenvalue weighted by Crippen LogP contribution is -2.30. The molecule has 9 atom stereocenters. The van der Waals surface area contributed by atoms with Crippen LogP contribution in [0, 0.1) is 59.2 Å². The summed E-state index contributed by atoms with van der Waals surface area (Å²) in [5.74, 6) is 9.86. The van der Waals surface area contributed by atoms with Crippen LogP contribution in [0.4, 0.5) is 0 Å². The van der Waals surface area contributed by atoms with Gasteiger partial charge >= 0.3 is 0 Å². The number of rotatable bonds is 3. The highest BCUT2D eigenvalue weighted by atomic mass is 16.2. The predicted molar refractivity (Wildman–Crippen MR) is 61.8 cm³/mol. The number of carbonyl (C=O) groups is 1. The summed E-state index contributed by atoms with van der Waals surface area (Å²) in [5, 5.41) is 3.22. The highest BCUT2D eigenvalue weighted by molar-refractivity contribution is 5.83. The molecule has 2 heteroatoms. The standard InChI is InChI=1S/C15H19NO/c17-15(16-4-5-1-2-5)14-12-10-7-3-6-8(10)9(6)11(7)13(12)14/h5-14H,1-4H2,(H,16,17)/t6?,7?,8-,9-,10-,11+,12-,13+,14?/m1/s1. The molecule has 6 bridgehead atoms. The van der Waals surface area contributed by atoms with Crippen molar-refractivity contribution in [2.24, 2.45) is 59.2 Å². The van der Waals surface area contributed by atoms with Crippen LogP contribution in [0.15, 0.2) is 0 Å². The molecular formula is C15H19NO. The Balaban J connectivity index is 1.22. The molecule has 1 N–H and O–H groups in total. The lowest BCUT2D eigenvalue weighted by Gasteiger charge is -2.16. The Hall–Kier alpha value is -0.530. The molecule has 7 saturated carbocycles. The van der Waals surface area contributed by atoms with Crippen LogP contribution in [-0.2, 0) is 4.79 Å². The molecule has 3 unspecified atom stereocenters. The Morgan fingerprint density at radius 1 is 0.941 bits per heavy atom. The van der Waals surface area contributed by atoms with E-state index in [0.29, 0.717) is 11.8 Å². The van der Waals surface area contributed by atoms with Crippen LogP contribution in [0.1, 0.15) is 19.3 Å². The first-order chi connectivity index (χ1) is 8.36. The van der Waals surface area contributed by atoms with Gasteiger partial charge in [0.15, 0.2) is 0 Å². The van der Waals surface area contributed by atoms with Crippen molar-refractivity contribution in [1.82, 2.24) is 5.32 Å². The molecule has 0 aromatic carbocycles. The molecule has 17 heavy (non-hydrogen) atoms. The predicted octanol–water partition coefficient (Wildman–Crippen LogP) is 1.52. The minimum Gasteiger partial charge on any atom is -0.356 e. The molecular weight excluding hydrogens is 210 g/mol. The van der Waals surface area contributed by atoms with E-state index in [1.54, 1.807) is 6.42 Å². The average Bonchev–Trinajstić information content (AvgIpc) is 3.28. The van der Waals surface area contributed by atoms with Gasteiger partial charge in [-0.25, -0.2) is 0 Å². The van der Waals surface area contributed by atoms with Gasteiger partial charge in [0.05, 0.1) is 0 Å². The van der Waals surface area contributed by atoms with Crippen molar-refractivity contribution in [1.29, 1.82) is 0 Å². The SMILES string of the molecule is O=C(NCC1CC1)C1[C@@H]2[C@@H]3C4CC5[C@@H]3[C@@H]5[C@H]4[C@H]12. The van der Waals surface area contributed by atoms with Crippen LogP contribution < -0.4 is 5.32 Å². The summed E-state index contributed by atoms with van der Waals surface area (Å²) < 4.78 is 0. The second-order valence-electron chi connectivity index (χ2n) is 7.74. The molecule has 90 valence electrons. The Kier molecular flexibility index (Phi) is 1.16. The maximum atomic E-state index is 12.2. The smallest absolute Gasteiger partial charge is 0.223 e. The lowest BCUT2D eigenvalue weighted by atomic mass is 9.91. The molecule has 0 saturated heterocycles. The topological polar surface area (TPSA) is 29.1 Å². The highest BCUT2D eigenvalue weighted by Gasteiger charge is 2.87. The average molecular weight is 229 g/mol. The van der Waals surface area contributed by atoms with Gasteiger partial charge < -0.3 is 5.32 Å². The summed E-state index contributed by atoms with van der Waals surface area (Å²) in [6.07, 6.45) is 4.24. The lowest BCUT2D eigenvalue weighted by molar-refractivity contribution is -0.123. The molecule has 7 aliphatic rings. The van der Waals surface area contributed by atoms with Gasteiger partial charge in [-0.2, -0.15) is 0 Å². The third-order valence-corrected chi connectivity index (χ3v) is 7.30. The van der Waals surface area contributed by atoms with Crippen LogP contribution in [0.25, 0.3) is 0 Å². The maximum absolute atomic E-state index is 12.2. The molecule has 0 heterocycles. The summed E-state index contributed by atoms with van der Waals surface area (Å²) in [5.41, 5.74) is 0. The van der Waals surface area contributed by atoms with E-state index in [4.69, 9.17) is 0 Å². The maximum Gasteiger partial charge on any atom is 0.223 e. The number of amides is 1. The zero-order valence-corrected chi connectivity index (χ0v) is 10.0. The fourth-order valence-corrected chi connectivity index (χ4v) is 6.75. The van der Waals surface area contributed by atoms with Crippen molar-refractivity contribution in [3.05, 3.63) is 0 Å². The van der Waals surface area contributed by atoms with E-state index in [1.165, 1.54) is 12.8 Å². The molecule has 7 rings (SSSR count). The molecule has 0 radical (unpaired) electrons. The first kappa shape index (κ1) is 8.55. The van der Waals surface area contributed by atoms with Crippen LogP contribution in [0.2, 0.25) is 0 Å². The van der Waals surface area contributed by atoms with Gasteiger partial charge in [0.1, 0.15) is 0 Å². The van der Waals surface area contributed by atoms with Crippen LogP contribution in [0.5, 0.6) is 0 Å². The molecule has 0 aromatic heterocycles. The van der Waals surface area contributed by atoms with Gasteiger partial charge in [-0.1, -0.05) is 0 Å². The van der Waals surface area contributed by atoms with Gasteiger partial charge in [-0.3, -0.25) is 4.79 Å². The van der Waals surface area contributed by atoms with Crippen molar-refractivity contribution in [3.8, 4) is 0 Å². The summed E-state index contributed by atoms with van der Waals surface area (Å²) in [7, 11) is 0. The number of fused-ring (bicyclic) bond motifs is 1.